The molecule has 0 fully saturated rings. The molecule has 1 nitrogen and oxygen atoms in total. The van der Waals surface area contributed by atoms with Crippen molar-refractivity contribution in [2.24, 2.45) is 5.41 Å². The largest absolute Gasteiger partial charge is 0.320 e. The zero-order chi connectivity index (χ0) is 19.2. The van der Waals surface area contributed by atoms with Crippen LogP contribution >= 0.6 is 0 Å². The Labute approximate surface area is 151 Å². The molecule has 0 bridgehead atoms. The Morgan fingerprint density at radius 1 is 1.12 bits per heavy atom. The van der Waals surface area contributed by atoms with Crippen molar-refractivity contribution in [2.45, 2.75) is 47.0 Å². The molecule has 0 aliphatic heterocycles. The molecular weight excluding hydrogens is 316 g/mol. The van der Waals surface area contributed by atoms with Crippen LogP contribution in [0.5, 0.6) is 0 Å². The second-order valence-corrected chi connectivity index (χ2v) is 7.22. The van der Waals surface area contributed by atoms with E-state index in [1.165, 1.54) is 0 Å². The molecule has 3 heteroatoms. The van der Waals surface area contributed by atoms with Crippen molar-refractivity contribution >= 4 is 0 Å². The summed E-state index contributed by atoms with van der Waals surface area (Å²) in [6.45, 7) is 17.2. The average Bonchev–Trinajstić information content (AvgIpc) is 2.51. The highest BCUT2D eigenvalue weighted by atomic mass is 19.2. The fraction of sp³-hybridized carbons (Fsp3) is 0.455. The van der Waals surface area contributed by atoms with Gasteiger partial charge in [-0.2, -0.15) is 0 Å². The Hall–Kier alpha value is -1.74. The van der Waals surface area contributed by atoms with E-state index in [4.69, 9.17) is 0 Å². The maximum absolute atomic E-state index is 14.3. The normalized spacial score (nSPS) is 13.2. The minimum atomic E-state index is -0.795. The number of halogens is 2. The quantitative estimate of drug-likeness (QED) is 0.428. The first kappa shape index (κ1) is 21.3. The molecule has 0 saturated heterocycles. The van der Waals surface area contributed by atoms with Crippen LogP contribution in [0.15, 0.2) is 53.6 Å². The van der Waals surface area contributed by atoms with Crippen molar-refractivity contribution in [1.82, 2.24) is 5.32 Å². The van der Waals surface area contributed by atoms with Gasteiger partial charge in [0.1, 0.15) is 0 Å². The van der Waals surface area contributed by atoms with Gasteiger partial charge < -0.3 is 5.32 Å². The van der Waals surface area contributed by atoms with E-state index >= 15 is 0 Å². The van der Waals surface area contributed by atoms with Crippen LogP contribution in [0.25, 0.3) is 0 Å². The van der Waals surface area contributed by atoms with Gasteiger partial charge in [0.2, 0.25) is 0 Å². The van der Waals surface area contributed by atoms with E-state index in [0.717, 1.165) is 47.7 Å². The first-order valence-corrected chi connectivity index (χ1v) is 8.74. The predicted octanol–water partition coefficient (Wildman–Crippen LogP) is 5.98. The molecule has 25 heavy (non-hydrogen) atoms. The van der Waals surface area contributed by atoms with Crippen molar-refractivity contribution in [3.05, 3.63) is 70.8 Å². The SMILES string of the molecule is C=C(C)C(C(=C)C)=C(C)C(C)(CCCNC)Cc1cccc(F)c1F. The van der Waals surface area contributed by atoms with Crippen molar-refractivity contribution < 1.29 is 8.78 Å². The van der Waals surface area contributed by atoms with Crippen LogP contribution in [0.1, 0.15) is 46.1 Å². The standard InChI is InChI=1S/C22H31F2N/c1-15(2)20(16(3)4)17(5)22(6,12-9-13-25-7)14-18-10-8-11-19(23)21(18)24/h8,10-11,25H,1,3,9,12-14H2,2,4-7H3. The summed E-state index contributed by atoms with van der Waals surface area (Å²) in [5.41, 5.74) is 4.18. The highest BCUT2D eigenvalue weighted by Gasteiger charge is 2.30. The zero-order valence-corrected chi connectivity index (χ0v) is 16.2. The van der Waals surface area contributed by atoms with E-state index in [9.17, 15) is 8.78 Å². The van der Waals surface area contributed by atoms with E-state index in [1.54, 1.807) is 12.1 Å². The Balaban J connectivity index is 3.38. The second kappa shape index (κ2) is 9.10. The van der Waals surface area contributed by atoms with Gasteiger partial charge in [0.05, 0.1) is 0 Å². The summed E-state index contributed by atoms with van der Waals surface area (Å²) in [4.78, 5) is 0. The Morgan fingerprint density at radius 3 is 2.24 bits per heavy atom. The molecule has 0 aliphatic rings. The number of nitrogens with one attached hydrogen (secondary N) is 1. The lowest BCUT2D eigenvalue weighted by molar-refractivity contribution is 0.339. The first-order chi connectivity index (χ1) is 11.6. The van der Waals surface area contributed by atoms with Gasteiger partial charge in [0.15, 0.2) is 11.6 Å². The number of hydrogen-bond acceptors (Lipinski definition) is 1. The van der Waals surface area contributed by atoms with Crippen LogP contribution in [0, 0.1) is 17.0 Å². The summed E-state index contributed by atoms with van der Waals surface area (Å²) >= 11 is 0. The monoisotopic (exact) mass is 347 g/mol. The molecule has 0 radical (unpaired) electrons. The van der Waals surface area contributed by atoms with Crippen LogP contribution in [0.2, 0.25) is 0 Å². The van der Waals surface area contributed by atoms with Crippen LogP contribution in [-0.4, -0.2) is 13.6 Å². The minimum Gasteiger partial charge on any atom is -0.320 e. The Morgan fingerprint density at radius 2 is 1.72 bits per heavy atom. The molecule has 1 aromatic carbocycles. The van der Waals surface area contributed by atoms with Gasteiger partial charge in [-0.3, -0.25) is 0 Å². The Kier molecular flexibility index (Phi) is 7.75. The van der Waals surface area contributed by atoms with Crippen LogP contribution < -0.4 is 5.32 Å². The average molecular weight is 347 g/mol. The smallest absolute Gasteiger partial charge is 0.162 e. The summed E-state index contributed by atoms with van der Waals surface area (Å²) < 4.78 is 27.9. The summed E-state index contributed by atoms with van der Waals surface area (Å²) in [7, 11) is 1.92. The van der Waals surface area contributed by atoms with Gasteiger partial charge in [-0.05, 0) is 76.2 Å². The maximum Gasteiger partial charge on any atom is 0.162 e. The van der Waals surface area contributed by atoms with Gasteiger partial charge in [-0.25, -0.2) is 8.78 Å². The lowest BCUT2D eigenvalue weighted by Gasteiger charge is -2.34. The highest BCUT2D eigenvalue weighted by Crippen LogP contribution is 2.41. The number of allylic oxidation sites excluding steroid dienone is 4. The summed E-state index contributed by atoms with van der Waals surface area (Å²) in [5.74, 6) is -1.54. The van der Waals surface area contributed by atoms with Gasteiger partial charge >= 0.3 is 0 Å². The maximum atomic E-state index is 14.3. The fourth-order valence-corrected chi connectivity index (χ4v) is 3.48. The number of benzene rings is 1. The minimum absolute atomic E-state index is 0.307. The third kappa shape index (κ3) is 5.37. The van der Waals surface area contributed by atoms with Crippen molar-refractivity contribution in [3.8, 4) is 0 Å². The topological polar surface area (TPSA) is 12.0 Å². The predicted molar refractivity (Wildman–Crippen MR) is 104 cm³/mol. The number of hydrogen-bond donors (Lipinski definition) is 1. The molecule has 0 spiro atoms. The third-order valence-corrected chi connectivity index (χ3v) is 4.90. The molecule has 0 aliphatic carbocycles. The molecule has 138 valence electrons. The van der Waals surface area contributed by atoms with Crippen LogP contribution in [0.4, 0.5) is 8.78 Å². The molecule has 1 atom stereocenters. The third-order valence-electron chi connectivity index (χ3n) is 4.90. The van der Waals surface area contributed by atoms with Crippen molar-refractivity contribution in [1.29, 1.82) is 0 Å². The molecule has 0 saturated carbocycles. The highest BCUT2D eigenvalue weighted by molar-refractivity contribution is 5.47. The van der Waals surface area contributed by atoms with E-state index in [2.05, 4.69) is 32.3 Å². The first-order valence-electron chi connectivity index (χ1n) is 8.74. The van der Waals surface area contributed by atoms with Gasteiger partial charge in [-0.15, -0.1) is 0 Å². The molecule has 1 aromatic rings. The molecule has 0 aromatic heterocycles. The van der Waals surface area contributed by atoms with Crippen molar-refractivity contribution in [3.63, 3.8) is 0 Å². The van der Waals surface area contributed by atoms with Gasteiger partial charge in [0, 0.05) is 0 Å². The Bertz CT molecular complexity index is 657. The number of rotatable bonds is 9. The van der Waals surface area contributed by atoms with E-state index in [1.807, 2.05) is 20.9 Å². The van der Waals surface area contributed by atoms with E-state index in [0.29, 0.717) is 12.0 Å². The molecule has 0 heterocycles. The van der Waals surface area contributed by atoms with Gasteiger partial charge in [0.25, 0.3) is 0 Å². The van der Waals surface area contributed by atoms with Crippen LogP contribution in [0.3, 0.4) is 0 Å². The summed E-state index contributed by atoms with van der Waals surface area (Å²) in [6, 6.07) is 4.40. The van der Waals surface area contributed by atoms with E-state index in [-0.39, 0.29) is 5.41 Å². The molecule has 0 amide bonds. The lowest BCUT2D eigenvalue weighted by Crippen LogP contribution is -2.25. The molecule has 1 rings (SSSR count). The fourth-order valence-electron chi connectivity index (χ4n) is 3.48. The lowest BCUT2D eigenvalue weighted by atomic mass is 9.71. The summed E-state index contributed by atoms with van der Waals surface area (Å²) in [6.07, 6.45) is 2.25. The molecule has 1 N–H and O–H groups in total. The van der Waals surface area contributed by atoms with Crippen LogP contribution in [-0.2, 0) is 6.42 Å². The van der Waals surface area contributed by atoms with Gasteiger partial charge in [-0.1, -0.05) is 48.9 Å². The summed E-state index contributed by atoms with van der Waals surface area (Å²) in [5, 5.41) is 3.15. The zero-order valence-electron chi connectivity index (χ0n) is 16.2. The van der Waals surface area contributed by atoms with Crippen molar-refractivity contribution in [2.75, 3.05) is 13.6 Å². The molecular formula is C22H31F2N. The molecule has 1 unspecified atom stereocenters. The van der Waals surface area contributed by atoms with E-state index < -0.39 is 11.6 Å². The second-order valence-electron chi connectivity index (χ2n) is 7.22.